The number of carbonyl (C=O) groups is 2. The third-order valence-electron chi connectivity index (χ3n) is 3.97. The van der Waals surface area contributed by atoms with Gasteiger partial charge in [0.05, 0.1) is 11.7 Å². The van der Waals surface area contributed by atoms with Crippen LogP contribution in [0.25, 0.3) is 0 Å². The van der Waals surface area contributed by atoms with E-state index in [1.807, 2.05) is 0 Å². The fraction of sp³-hybridized carbons (Fsp3) is 0.263. The smallest absolute Gasteiger partial charge is 0.335 e. The minimum atomic E-state index is -1.02. The zero-order valence-corrected chi connectivity index (χ0v) is 13.6. The van der Waals surface area contributed by atoms with Crippen LogP contribution in [0.2, 0.25) is 0 Å². The van der Waals surface area contributed by atoms with Crippen molar-refractivity contribution in [3.63, 3.8) is 0 Å². The molecule has 1 unspecified atom stereocenters. The molecule has 1 amide bonds. The fourth-order valence-electron chi connectivity index (χ4n) is 2.57. The fourth-order valence-corrected chi connectivity index (χ4v) is 2.57. The van der Waals surface area contributed by atoms with Gasteiger partial charge in [-0.1, -0.05) is 0 Å². The average Bonchev–Trinajstić information content (AvgIpc) is 3.15. The Bertz CT molecular complexity index is 733. The lowest BCUT2D eigenvalue weighted by molar-refractivity contribution is 0.0679. The first kappa shape index (κ1) is 17.0. The van der Waals surface area contributed by atoms with Gasteiger partial charge in [0, 0.05) is 17.9 Å². The maximum absolute atomic E-state index is 12.2. The molecule has 0 spiro atoms. The van der Waals surface area contributed by atoms with Gasteiger partial charge in [-0.15, -0.1) is 0 Å². The second-order valence-electron chi connectivity index (χ2n) is 5.81. The summed E-state index contributed by atoms with van der Waals surface area (Å²) in [5.41, 5.74) is 1.17. The topological polar surface area (TPSA) is 84.9 Å². The molecule has 1 atom stereocenters. The van der Waals surface area contributed by atoms with Gasteiger partial charge < -0.3 is 19.9 Å². The molecular formula is C19H19NO5. The Kier molecular flexibility index (Phi) is 5.30. The normalized spacial score (nSPS) is 16.4. The molecule has 2 aromatic rings. The number of hydrogen-bond donors (Lipinski definition) is 2. The Morgan fingerprint density at radius 2 is 1.76 bits per heavy atom. The van der Waals surface area contributed by atoms with Gasteiger partial charge in [0.15, 0.2) is 0 Å². The molecule has 0 bridgehead atoms. The van der Waals surface area contributed by atoms with E-state index in [4.69, 9.17) is 14.6 Å². The Labute approximate surface area is 145 Å². The van der Waals surface area contributed by atoms with Gasteiger partial charge in [-0.2, -0.15) is 0 Å². The summed E-state index contributed by atoms with van der Waals surface area (Å²) >= 11 is 0. The molecule has 1 heterocycles. The zero-order chi connectivity index (χ0) is 17.6. The highest BCUT2D eigenvalue weighted by molar-refractivity contribution is 6.04. The number of rotatable bonds is 6. The summed E-state index contributed by atoms with van der Waals surface area (Å²) in [6.45, 7) is 1.33. The lowest BCUT2D eigenvalue weighted by atomic mass is 10.1. The molecular weight excluding hydrogens is 322 g/mol. The summed E-state index contributed by atoms with van der Waals surface area (Å²) in [5, 5.41) is 11.6. The molecule has 6 nitrogen and oxygen atoms in total. The van der Waals surface area contributed by atoms with Gasteiger partial charge in [0.2, 0.25) is 0 Å². The van der Waals surface area contributed by atoms with E-state index in [2.05, 4.69) is 5.32 Å². The van der Waals surface area contributed by atoms with Crippen molar-refractivity contribution in [2.75, 3.05) is 18.5 Å². The Morgan fingerprint density at radius 3 is 2.36 bits per heavy atom. The number of carbonyl (C=O) groups excluding carboxylic acids is 1. The molecule has 0 saturated carbocycles. The van der Waals surface area contributed by atoms with E-state index >= 15 is 0 Å². The molecule has 1 fully saturated rings. The van der Waals surface area contributed by atoms with Gasteiger partial charge in [-0.3, -0.25) is 4.79 Å². The average molecular weight is 341 g/mol. The van der Waals surface area contributed by atoms with Crippen molar-refractivity contribution in [2.24, 2.45) is 0 Å². The zero-order valence-electron chi connectivity index (χ0n) is 13.6. The van der Waals surface area contributed by atoms with Crippen molar-refractivity contribution in [3.05, 3.63) is 59.7 Å². The standard InChI is InChI=1S/C19H19NO5/c21-18(13-3-5-14(6-4-13)19(22)23)20-15-7-9-16(10-8-15)25-12-17-2-1-11-24-17/h3-10,17H,1-2,11-12H2,(H,20,21)(H,22,23). The molecule has 6 heteroatoms. The summed E-state index contributed by atoms with van der Waals surface area (Å²) in [6, 6.07) is 12.9. The van der Waals surface area contributed by atoms with E-state index in [0.717, 1.165) is 25.2 Å². The van der Waals surface area contributed by atoms with Crippen LogP contribution in [0.15, 0.2) is 48.5 Å². The molecule has 3 rings (SSSR count). The maximum Gasteiger partial charge on any atom is 0.335 e. The lowest BCUT2D eigenvalue weighted by Gasteiger charge is -2.12. The second-order valence-corrected chi connectivity index (χ2v) is 5.81. The monoisotopic (exact) mass is 341 g/mol. The van der Waals surface area contributed by atoms with Crippen LogP contribution >= 0.6 is 0 Å². The van der Waals surface area contributed by atoms with Crippen LogP contribution < -0.4 is 10.1 Å². The molecule has 0 aliphatic carbocycles. The quantitative estimate of drug-likeness (QED) is 0.843. The first-order chi connectivity index (χ1) is 12.1. The third kappa shape index (κ3) is 4.58. The van der Waals surface area contributed by atoms with Crippen molar-refractivity contribution in [1.82, 2.24) is 0 Å². The summed E-state index contributed by atoms with van der Waals surface area (Å²) in [7, 11) is 0. The van der Waals surface area contributed by atoms with Crippen molar-refractivity contribution in [3.8, 4) is 5.75 Å². The Balaban J connectivity index is 1.54. The molecule has 25 heavy (non-hydrogen) atoms. The number of carboxylic acids is 1. The first-order valence-electron chi connectivity index (χ1n) is 8.11. The molecule has 1 saturated heterocycles. The van der Waals surface area contributed by atoms with E-state index in [9.17, 15) is 9.59 Å². The van der Waals surface area contributed by atoms with Gasteiger partial charge >= 0.3 is 5.97 Å². The number of nitrogens with one attached hydrogen (secondary N) is 1. The minimum Gasteiger partial charge on any atom is -0.491 e. The summed E-state index contributed by atoms with van der Waals surface area (Å²) < 4.78 is 11.2. The number of carboxylic acid groups (broad SMARTS) is 1. The Morgan fingerprint density at radius 1 is 1.08 bits per heavy atom. The van der Waals surface area contributed by atoms with Crippen molar-refractivity contribution < 1.29 is 24.2 Å². The number of amides is 1. The number of hydrogen-bond acceptors (Lipinski definition) is 4. The van der Waals surface area contributed by atoms with E-state index < -0.39 is 5.97 Å². The predicted molar refractivity (Wildman–Crippen MR) is 92.3 cm³/mol. The van der Waals surface area contributed by atoms with E-state index in [0.29, 0.717) is 17.9 Å². The molecule has 2 N–H and O–H groups in total. The highest BCUT2D eigenvalue weighted by Gasteiger charge is 2.16. The first-order valence-corrected chi connectivity index (χ1v) is 8.11. The molecule has 0 radical (unpaired) electrons. The summed E-state index contributed by atoms with van der Waals surface area (Å²) in [5.74, 6) is -0.602. The number of benzene rings is 2. The van der Waals surface area contributed by atoms with Gasteiger partial charge in [-0.05, 0) is 61.4 Å². The van der Waals surface area contributed by atoms with E-state index in [-0.39, 0.29) is 17.6 Å². The Hall–Kier alpha value is -2.86. The summed E-state index contributed by atoms with van der Waals surface area (Å²) in [4.78, 5) is 23.0. The van der Waals surface area contributed by atoms with Crippen LogP contribution in [0.4, 0.5) is 5.69 Å². The van der Waals surface area contributed by atoms with Crippen molar-refractivity contribution in [1.29, 1.82) is 0 Å². The van der Waals surface area contributed by atoms with Crippen molar-refractivity contribution in [2.45, 2.75) is 18.9 Å². The van der Waals surface area contributed by atoms with Crippen LogP contribution in [0.3, 0.4) is 0 Å². The highest BCUT2D eigenvalue weighted by Crippen LogP contribution is 2.19. The lowest BCUT2D eigenvalue weighted by Crippen LogP contribution is -2.16. The summed E-state index contributed by atoms with van der Waals surface area (Å²) in [6.07, 6.45) is 2.26. The van der Waals surface area contributed by atoms with Crippen LogP contribution in [0.5, 0.6) is 5.75 Å². The van der Waals surface area contributed by atoms with Gasteiger partial charge in [0.1, 0.15) is 12.4 Å². The maximum atomic E-state index is 12.2. The molecule has 130 valence electrons. The van der Waals surface area contributed by atoms with E-state index in [1.165, 1.54) is 24.3 Å². The van der Waals surface area contributed by atoms with Gasteiger partial charge in [0.25, 0.3) is 5.91 Å². The van der Waals surface area contributed by atoms with Crippen molar-refractivity contribution >= 4 is 17.6 Å². The van der Waals surface area contributed by atoms with Crippen LogP contribution in [-0.2, 0) is 4.74 Å². The third-order valence-corrected chi connectivity index (χ3v) is 3.97. The largest absolute Gasteiger partial charge is 0.491 e. The van der Waals surface area contributed by atoms with Gasteiger partial charge in [-0.25, -0.2) is 4.79 Å². The number of anilines is 1. The number of aromatic carboxylic acids is 1. The molecule has 2 aromatic carbocycles. The minimum absolute atomic E-state index is 0.143. The van der Waals surface area contributed by atoms with Crippen LogP contribution in [0, 0.1) is 0 Å². The molecule has 0 aromatic heterocycles. The second kappa shape index (κ2) is 7.81. The highest BCUT2D eigenvalue weighted by atomic mass is 16.5. The van der Waals surface area contributed by atoms with E-state index in [1.54, 1.807) is 24.3 Å². The SMILES string of the molecule is O=C(O)c1ccc(C(=O)Nc2ccc(OCC3CCCO3)cc2)cc1. The molecule has 1 aliphatic heterocycles. The number of ether oxygens (including phenoxy) is 2. The molecule has 1 aliphatic rings. The predicted octanol–water partition coefficient (Wildman–Crippen LogP) is 3.19. The van der Waals surface area contributed by atoms with Crippen LogP contribution in [-0.4, -0.2) is 36.3 Å². The van der Waals surface area contributed by atoms with Crippen LogP contribution in [0.1, 0.15) is 33.6 Å².